The number of ether oxygens (including phenoxy) is 2. The van der Waals surface area contributed by atoms with Crippen molar-refractivity contribution in [3.63, 3.8) is 0 Å². The molecule has 122 valence electrons. The monoisotopic (exact) mass is 306 g/mol. The quantitative estimate of drug-likeness (QED) is 0.857. The highest BCUT2D eigenvalue weighted by atomic mass is 16.6. The van der Waals surface area contributed by atoms with E-state index >= 15 is 0 Å². The van der Waals surface area contributed by atoms with Crippen molar-refractivity contribution in [1.29, 1.82) is 0 Å². The predicted molar refractivity (Wildman–Crippen MR) is 84.4 cm³/mol. The fourth-order valence-electron chi connectivity index (χ4n) is 2.51. The first-order chi connectivity index (χ1) is 10.4. The van der Waals surface area contributed by atoms with E-state index in [-0.39, 0.29) is 6.09 Å². The lowest BCUT2D eigenvalue weighted by Crippen LogP contribution is -2.43. The molecule has 1 fully saturated rings. The molecule has 1 aromatic rings. The predicted octanol–water partition coefficient (Wildman–Crippen LogP) is 3.25. The Morgan fingerprint density at radius 2 is 2.23 bits per heavy atom. The van der Waals surface area contributed by atoms with Gasteiger partial charge in [-0.15, -0.1) is 0 Å². The Bertz CT molecular complexity index is 471. The molecular formula is C17H26N2O3. The lowest BCUT2D eigenvalue weighted by atomic mass is 9.99. The van der Waals surface area contributed by atoms with Crippen molar-refractivity contribution in [2.45, 2.75) is 45.8 Å². The van der Waals surface area contributed by atoms with Crippen LogP contribution in [0.1, 0.15) is 39.3 Å². The maximum absolute atomic E-state index is 12.1. The van der Waals surface area contributed by atoms with Gasteiger partial charge in [0.15, 0.2) is 0 Å². The number of piperidine rings is 1. The summed E-state index contributed by atoms with van der Waals surface area (Å²) in [5.41, 5.74) is 0.488. The van der Waals surface area contributed by atoms with E-state index in [4.69, 9.17) is 9.47 Å². The molecule has 5 nitrogen and oxygen atoms in total. The van der Waals surface area contributed by atoms with Crippen LogP contribution in [-0.4, -0.2) is 41.3 Å². The van der Waals surface area contributed by atoms with Crippen molar-refractivity contribution in [3.05, 3.63) is 30.1 Å². The van der Waals surface area contributed by atoms with Crippen LogP contribution in [0.25, 0.3) is 0 Å². The van der Waals surface area contributed by atoms with Crippen molar-refractivity contribution >= 4 is 6.09 Å². The second-order valence-corrected chi connectivity index (χ2v) is 6.77. The largest absolute Gasteiger partial charge is 0.444 e. The molecule has 2 rings (SSSR count). The number of likely N-dealkylation sites (tertiary alicyclic amines) is 1. The Balaban J connectivity index is 1.75. The fraction of sp³-hybridized carbons (Fsp3) is 0.647. The standard InChI is InChI=1S/C17H26N2O3/c1-17(2,3)22-16(20)19-10-6-7-14(11-19)12-21-13-15-8-4-5-9-18-15/h4-5,8-9,14H,6-7,10-13H2,1-3H3. The second kappa shape index (κ2) is 7.58. The maximum atomic E-state index is 12.1. The molecule has 1 amide bonds. The summed E-state index contributed by atoms with van der Waals surface area (Å²) in [6.45, 7) is 8.31. The van der Waals surface area contributed by atoms with Crippen LogP contribution in [0.15, 0.2) is 24.4 Å². The molecule has 2 heterocycles. The first-order valence-electron chi connectivity index (χ1n) is 7.89. The summed E-state index contributed by atoms with van der Waals surface area (Å²) >= 11 is 0. The Morgan fingerprint density at radius 1 is 1.41 bits per heavy atom. The van der Waals surface area contributed by atoms with Gasteiger partial charge in [0, 0.05) is 25.2 Å². The van der Waals surface area contributed by atoms with Gasteiger partial charge in [-0.2, -0.15) is 0 Å². The first kappa shape index (κ1) is 16.7. The van der Waals surface area contributed by atoms with E-state index in [0.717, 1.165) is 25.1 Å². The number of aromatic nitrogens is 1. The number of rotatable bonds is 4. The number of hydrogen-bond donors (Lipinski definition) is 0. The summed E-state index contributed by atoms with van der Waals surface area (Å²) in [5.74, 6) is 0.366. The number of amides is 1. The van der Waals surface area contributed by atoms with Gasteiger partial charge in [-0.05, 0) is 45.7 Å². The summed E-state index contributed by atoms with van der Waals surface area (Å²) in [4.78, 5) is 18.1. The normalized spacial score (nSPS) is 19.0. The van der Waals surface area contributed by atoms with Crippen LogP contribution in [0.4, 0.5) is 4.79 Å². The highest BCUT2D eigenvalue weighted by molar-refractivity contribution is 5.68. The van der Waals surface area contributed by atoms with Crippen molar-refractivity contribution in [1.82, 2.24) is 9.88 Å². The topological polar surface area (TPSA) is 51.7 Å². The van der Waals surface area contributed by atoms with Crippen molar-refractivity contribution < 1.29 is 14.3 Å². The summed E-state index contributed by atoms with van der Waals surface area (Å²) < 4.78 is 11.2. The molecule has 0 aliphatic carbocycles. The summed E-state index contributed by atoms with van der Waals surface area (Å²) in [6.07, 6.45) is 3.63. The summed E-state index contributed by atoms with van der Waals surface area (Å²) in [7, 11) is 0. The SMILES string of the molecule is CC(C)(C)OC(=O)N1CCCC(COCc2ccccn2)C1. The molecule has 1 unspecified atom stereocenters. The minimum absolute atomic E-state index is 0.220. The van der Waals surface area contributed by atoms with Crippen LogP contribution in [0.5, 0.6) is 0 Å². The van der Waals surface area contributed by atoms with Gasteiger partial charge < -0.3 is 14.4 Å². The third-order valence-electron chi connectivity index (χ3n) is 3.50. The average Bonchev–Trinajstić information content (AvgIpc) is 2.47. The molecule has 0 N–H and O–H groups in total. The molecule has 22 heavy (non-hydrogen) atoms. The molecule has 1 aliphatic rings. The molecule has 0 spiro atoms. The molecule has 1 aromatic heterocycles. The Morgan fingerprint density at radius 3 is 2.91 bits per heavy atom. The third-order valence-corrected chi connectivity index (χ3v) is 3.50. The minimum atomic E-state index is -0.445. The molecule has 1 saturated heterocycles. The van der Waals surface area contributed by atoms with Crippen LogP contribution >= 0.6 is 0 Å². The molecule has 1 atom stereocenters. The number of carbonyl (C=O) groups excluding carboxylic acids is 1. The Kier molecular flexibility index (Phi) is 5.77. The van der Waals surface area contributed by atoms with Crippen LogP contribution < -0.4 is 0 Å². The molecule has 1 aliphatic heterocycles. The van der Waals surface area contributed by atoms with Crippen LogP contribution in [-0.2, 0) is 16.1 Å². The molecule has 0 aromatic carbocycles. The van der Waals surface area contributed by atoms with E-state index in [1.807, 2.05) is 39.0 Å². The number of nitrogens with zero attached hydrogens (tertiary/aromatic N) is 2. The highest BCUT2D eigenvalue weighted by Crippen LogP contribution is 2.19. The third kappa shape index (κ3) is 5.64. The molecular weight excluding hydrogens is 280 g/mol. The van der Waals surface area contributed by atoms with Gasteiger partial charge in [0.05, 0.1) is 18.9 Å². The minimum Gasteiger partial charge on any atom is -0.444 e. The molecule has 0 bridgehead atoms. The van der Waals surface area contributed by atoms with E-state index in [9.17, 15) is 4.79 Å². The maximum Gasteiger partial charge on any atom is 0.410 e. The van der Waals surface area contributed by atoms with Gasteiger partial charge in [-0.25, -0.2) is 4.79 Å². The van der Waals surface area contributed by atoms with Crippen molar-refractivity contribution in [2.75, 3.05) is 19.7 Å². The molecule has 0 saturated carbocycles. The van der Waals surface area contributed by atoms with Gasteiger partial charge in [0.25, 0.3) is 0 Å². The lowest BCUT2D eigenvalue weighted by Gasteiger charge is -2.34. The summed E-state index contributed by atoms with van der Waals surface area (Å²) in [5, 5.41) is 0. The Labute approximate surface area is 132 Å². The number of hydrogen-bond acceptors (Lipinski definition) is 4. The first-order valence-corrected chi connectivity index (χ1v) is 7.89. The number of pyridine rings is 1. The zero-order valence-corrected chi connectivity index (χ0v) is 13.7. The zero-order chi connectivity index (χ0) is 16.0. The van der Waals surface area contributed by atoms with Gasteiger partial charge in [-0.1, -0.05) is 6.07 Å². The molecule has 0 radical (unpaired) electrons. The van der Waals surface area contributed by atoms with Crippen molar-refractivity contribution in [2.24, 2.45) is 5.92 Å². The van der Waals surface area contributed by atoms with E-state index in [1.165, 1.54) is 0 Å². The van der Waals surface area contributed by atoms with E-state index < -0.39 is 5.60 Å². The second-order valence-electron chi connectivity index (χ2n) is 6.77. The van der Waals surface area contributed by atoms with E-state index in [2.05, 4.69) is 4.98 Å². The fourth-order valence-corrected chi connectivity index (χ4v) is 2.51. The van der Waals surface area contributed by atoms with Crippen molar-refractivity contribution in [3.8, 4) is 0 Å². The molecule has 5 heteroatoms. The van der Waals surface area contributed by atoms with Gasteiger partial charge in [0.1, 0.15) is 5.60 Å². The average molecular weight is 306 g/mol. The van der Waals surface area contributed by atoms with Gasteiger partial charge >= 0.3 is 6.09 Å². The Hall–Kier alpha value is -1.62. The van der Waals surface area contributed by atoms with E-state index in [1.54, 1.807) is 11.1 Å². The van der Waals surface area contributed by atoms with Crippen LogP contribution in [0, 0.1) is 5.92 Å². The van der Waals surface area contributed by atoms with Crippen LogP contribution in [0.2, 0.25) is 0 Å². The summed E-state index contributed by atoms with van der Waals surface area (Å²) in [6, 6.07) is 5.80. The van der Waals surface area contributed by atoms with Gasteiger partial charge in [0.2, 0.25) is 0 Å². The number of carbonyl (C=O) groups is 1. The zero-order valence-electron chi connectivity index (χ0n) is 13.7. The van der Waals surface area contributed by atoms with Crippen LogP contribution in [0.3, 0.4) is 0 Å². The lowest BCUT2D eigenvalue weighted by molar-refractivity contribution is 0.00568. The van der Waals surface area contributed by atoms with E-state index in [0.29, 0.717) is 25.7 Å². The smallest absolute Gasteiger partial charge is 0.410 e. The van der Waals surface area contributed by atoms with Gasteiger partial charge in [-0.3, -0.25) is 4.98 Å². The highest BCUT2D eigenvalue weighted by Gasteiger charge is 2.27.